The average Bonchev–Trinajstić information content (AvgIpc) is 2.82. The zero-order chi connectivity index (χ0) is 12.3. The highest BCUT2D eigenvalue weighted by molar-refractivity contribution is 6.31. The molecule has 0 fully saturated rings. The minimum atomic E-state index is 0.222. The van der Waals surface area contributed by atoms with Crippen molar-refractivity contribution in [2.24, 2.45) is 0 Å². The van der Waals surface area contributed by atoms with Crippen molar-refractivity contribution in [2.75, 3.05) is 7.05 Å². The molecule has 3 nitrogen and oxygen atoms in total. The van der Waals surface area contributed by atoms with E-state index in [0.717, 1.165) is 22.8 Å². The molecule has 2 aromatic rings. The molecule has 1 aromatic carbocycles. The first-order chi connectivity index (χ1) is 8.20. The zero-order valence-corrected chi connectivity index (χ0v) is 10.8. The molecule has 0 saturated carbocycles. The van der Waals surface area contributed by atoms with Crippen molar-refractivity contribution in [3.8, 4) is 0 Å². The summed E-state index contributed by atoms with van der Waals surface area (Å²) in [4.78, 5) is 7.35. The second kappa shape index (κ2) is 5.34. The number of nitrogens with one attached hydrogen (secondary N) is 2. The molecule has 1 unspecified atom stereocenters. The fourth-order valence-corrected chi connectivity index (χ4v) is 2.00. The number of H-pyrrole nitrogens is 1. The van der Waals surface area contributed by atoms with E-state index < -0.39 is 0 Å². The van der Waals surface area contributed by atoms with Gasteiger partial charge in [0, 0.05) is 29.9 Å². The number of aromatic nitrogens is 2. The Balaban J connectivity index is 2.20. The van der Waals surface area contributed by atoms with Crippen LogP contribution in [0.2, 0.25) is 5.02 Å². The van der Waals surface area contributed by atoms with Crippen molar-refractivity contribution in [1.29, 1.82) is 0 Å². The van der Waals surface area contributed by atoms with E-state index in [1.807, 2.05) is 32.3 Å². The molecule has 0 saturated heterocycles. The van der Waals surface area contributed by atoms with Gasteiger partial charge in [-0.3, -0.25) is 0 Å². The molecule has 0 bridgehead atoms. The smallest absolute Gasteiger partial charge is 0.107 e. The van der Waals surface area contributed by atoms with E-state index in [4.69, 9.17) is 11.6 Å². The number of halogens is 1. The molecule has 90 valence electrons. The van der Waals surface area contributed by atoms with Crippen LogP contribution in [0.4, 0.5) is 0 Å². The van der Waals surface area contributed by atoms with Crippen LogP contribution in [0.25, 0.3) is 0 Å². The molecule has 1 aromatic heterocycles. The van der Waals surface area contributed by atoms with Gasteiger partial charge in [0.2, 0.25) is 0 Å². The van der Waals surface area contributed by atoms with E-state index in [9.17, 15) is 0 Å². The molecule has 0 aliphatic carbocycles. The van der Waals surface area contributed by atoms with Gasteiger partial charge in [0.05, 0.1) is 0 Å². The second-order valence-corrected chi connectivity index (χ2v) is 4.50. The number of hydrogen-bond donors (Lipinski definition) is 2. The minimum absolute atomic E-state index is 0.222. The average molecular weight is 250 g/mol. The maximum atomic E-state index is 6.15. The molecular formula is C13H16ClN3. The van der Waals surface area contributed by atoms with Gasteiger partial charge in [-0.15, -0.1) is 0 Å². The number of rotatable bonds is 4. The standard InChI is InChI=1S/C13H16ClN3/c1-9-3-4-10(7-11(9)14)12(15-2)8-13-16-5-6-17-13/h3-7,12,15H,8H2,1-2H3,(H,16,17). The van der Waals surface area contributed by atoms with Crippen LogP contribution in [-0.4, -0.2) is 17.0 Å². The monoisotopic (exact) mass is 249 g/mol. The first-order valence-electron chi connectivity index (χ1n) is 5.62. The lowest BCUT2D eigenvalue weighted by atomic mass is 10.0. The van der Waals surface area contributed by atoms with Crippen LogP contribution in [0.15, 0.2) is 30.6 Å². The number of imidazole rings is 1. The highest BCUT2D eigenvalue weighted by Gasteiger charge is 2.12. The van der Waals surface area contributed by atoms with Crippen LogP contribution in [0.1, 0.15) is 23.0 Å². The summed E-state index contributed by atoms with van der Waals surface area (Å²) in [6.45, 7) is 2.01. The van der Waals surface area contributed by atoms with Crippen LogP contribution in [0.5, 0.6) is 0 Å². The summed E-state index contributed by atoms with van der Waals surface area (Å²) in [5.74, 6) is 0.973. The quantitative estimate of drug-likeness (QED) is 0.875. The number of likely N-dealkylation sites (N-methyl/N-ethyl adjacent to an activating group) is 1. The number of aromatic amines is 1. The largest absolute Gasteiger partial charge is 0.349 e. The Labute approximate surface area is 106 Å². The van der Waals surface area contributed by atoms with Crippen molar-refractivity contribution in [2.45, 2.75) is 19.4 Å². The fourth-order valence-electron chi connectivity index (χ4n) is 1.82. The van der Waals surface area contributed by atoms with E-state index in [2.05, 4.69) is 21.4 Å². The van der Waals surface area contributed by atoms with Gasteiger partial charge in [0.1, 0.15) is 5.82 Å². The third-order valence-electron chi connectivity index (χ3n) is 2.90. The van der Waals surface area contributed by atoms with Gasteiger partial charge in [-0.2, -0.15) is 0 Å². The van der Waals surface area contributed by atoms with E-state index in [-0.39, 0.29) is 6.04 Å². The van der Waals surface area contributed by atoms with Crippen LogP contribution < -0.4 is 5.32 Å². The number of hydrogen-bond acceptors (Lipinski definition) is 2. The Kier molecular flexibility index (Phi) is 3.82. The van der Waals surface area contributed by atoms with Crippen LogP contribution >= 0.6 is 11.6 Å². The zero-order valence-electron chi connectivity index (χ0n) is 10.00. The van der Waals surface area contributed by atoms with E-state index in [1.54, 1.807) is 6.20 Å². The van der Waals surface area contributed by atoms with E-state index >= 15 is 0 Å². The first kappa shape index (κ1) is 12.1. The summed E-state index contributed by atoms with van der Waals surface area (Å²) in [5.41, 5.74) is 2.28. The Hall–Kier alpha value is -1.32. The Morgan fingerprint density at radius 3 is 2.88 bits per heavy atom. The molecular weight excluding hydrogens is 234 g/mol. The van der Waals surface area contributed by atoms with Crippen molar-refractivity contribution in [3.05, 3.63) is 52.6 Å². The third kappa shape index (κ3) is 2.87. The topological polar surface area (TPSA) is 40.7 Å². The summed E-state index contributed by atoms with van der Waals surface area (Å²) in [5, 5.41) is 4.09. The van der Waals surface area contributed by atoms with Crippen molar-refractivity contribution >= 4 is 11.6 Å². The molecule has 0 aliphatic heterocycles. The summed E-state index contributed by atoms with van der Waals surface area (Å²) in [7, 11) is 1.95. The van der Waals surface area contributed by atoms with E-state index in [1.165, 1.54) is 5.56 Å². The molecule has 0 aliphatic rings. The number of aryl methyl sites for hydroxylation is 1. The Morgan fingerprint density at radius 1 is 1.47 bits per heavy atom. The van der Waals surface area contributed by atoms with Gasteiger partial charge in [-0.1, -0.05) is 23.7 Å². The van der Waals surface area contributed by atoms with Crippen molar-refractivity contribution in [1.82, 2.24) is 15.3 Å². The van der Waals surface area contributed by atoms with Gasteiger partial charge in [0.15, 0.2) is 0 Å². The minimum Gasteiger partial charge on any atom is -0.349 e. The molecule has 0 radical (unpaired) electrons. The lowest BCUT2D eigenvalue weighted by Gasteiger charge is -2.16. The van der Waals surface area contributed by atoms with Gasteiger partial charge in [0.25, 0.3) is 0 Å². The summed E-state index contributed by atoms with van der Waals surface area (Å²) >= 11 is 6.15. The maximum absolute atomic E-state index is 6.15. The highest BCUT2D eigenvalue weighted by atomic mass is 35.5. The van der Waals surface area contributed by atoms with E-state index in [0.29, 0.717) is 0 Å². The van der Waals surface area contributed by atoms with Gasteiger partial charge in [-0.25, -0.2) is 4.98 Å². The fraction of sp³-hybridized carbons (Fsp3) is 0.308. The van der Waals surface area contributed by atoms with Gasteiger partial charge >= 0.3 is 0 Å². The van der Waals surface area contributed by atoms with Gasteiger partial charge < -0.3 is 10.3 Å². The Morgan fingerprint density at radius 2 is 2.29 bits per heavy atom. The highest BCUT2D eigenvalue weighted by Crippen LogP contribution is 2.22. The molecule has 2 N–H and O–H groups in total. The first-order valence-corrected chi connectivity index (χ1v) is 6.00. The summed E-state index contributed by atoms with van der Waals surface area (Å²) in [6, 6.07) is 6.38. The molecule has 0 amide bonds. The second-order valence-electron chi connectivity index (χ2n) is 4.09. The molecule has 0 spiro atoms. The van der Waals surface area contributed by atoms with Crippen LogP contribution in [-0.2, 0) is 6.42 Å². The van der Waals surface area contributed by atoms with Crippen LogP contribution in [0, 0.1) is 6.92 Å². The van der Waals surface area contributed by atoms with Crippen molar-refractivity contribution < 1.29 is 0 Å². The maximum Gasteiger partial charge on any atom is 0.107 e. The molecule has 17 heavy (non-hydrogen) atoms. The van der Waals surface area contributed by atoms with Crippen LogP contribution in [0.3, 0.4) is 0 Å². The number of benzene rings is 1. The SMILES string of the molecule is CNC(Cc1ncc[nH]1)c1ccc(C)c(Cl)c1. The number of nitrogens with zero attached hydrogens (tertiary/aromatic N) is 1. The molecule has 1 heterocycles. The lowest BCUT2D eigenvalue weighted by molar-refractivity contribution is 0.578. The summed E-state index contributed by atoms with van der Waals surface area (Å²) in [6.07, 6.45) is 4.43. The molecule has 2 rings (SSSR count). The third-order valence-corrected chi connectivity index (χ3v) is 3.31. The normalized spacial score (nSPS) is 12.6. The molecule has 1 atom stereocenters. The molecule has 4 heteroatoms. The van der Waals surface area contributed by atoms with Gasteiger partial charge in [-0.05, 0) is 31.2 Å². The Bertz CT molecular complexity index is 479. The lowest BCUT2D eigenvalue weighted by Crippen LogP contribution is -2.19. The predicted molar refractivity (Wildman–Crippen MR) is 70.3 cm³/mol. The summed E-state index contributed by atoms with van der Waals surface area (Å²) < 4.78 is 0. The van der Waals surface area contributed by atoms with Crippen molar-refractivity contribution in [3.63, 3.8) is 0 Å². The predicted octanol–water partition coefficient (Wildman–Crippen LogP) is 2.87.